The van der Waals surface area contributed by atoms with Crippen LogP contribution in [0.15, 0.2) is 81.3 Å². The van der Waals surface area contributed by atoms with E-state index in [4.69, 9.17) is 15.2 Å². The third kappa shape index (κ3) is 5.94. The van der Waals surface area contributed by atoms with Crippen molar-refractivity contribution in [2.24, 2.45) is 5.73 Å². The number of carbonyl (C=O) groups excluding carboxylic acids is 1. The molecule has 214 valence electrons. The first kappa shape index (κ1) is 29.3. The molecule has 0 saturated carbocycles. The minimum absolute atomic E-state index is 0.116. The Morgan fingerprint density at radius 1 is 0.951 bits per heavy atom. The highest BCUT2D eigenvalue weighted by atomic mass is 32.2. The number of methoxy groups -OCH3 is 2. The first-order chi connectivity index (χ1) is 19.6. The lowest BCUT2D eigenvalue weighted by atomic mass is 10.0. The highest BCUT2D eigenvalue weighted by Crippen LogP contribution is 2.34. The smallest absolute Gasteiger partial charge is 0.281 e. The Hall–Kier alpha value is -4.64. The lowest BCUT2D eigenvalue weighted by Crippen LogP contribution is -2.29. The van der Waals surface area contributed by atoms with Gasteiger partial charge in [-0.15, -0.1) is 0 Å². The molecular weight excluding hydrogens is 546 g/mol. The quantitative estimate of drug-likeness (QED) is 0.273. The van der Waals surface area contributed by atoms with Crippen molar-refractivity contribution in [2.45, 2.75) is 42.4 Å². The van der Waals surface area contributed by atoms with E-state index in [-0.39, 0.29) is 34.3 Å². The van der Waals surface area contributed by atoms with Gasteiger partial charge in [-0.05, 0) is 47.4 Å². The van der Waals surface area contributed by atoms with Crippen molar-refractivity contribution in [3.63, 3.8) is 0 Å². The van der Waals surface area contributed by atoms with Crippen molar-refractivity contribution in [2.75, 3.05) is 14.2 Å². The molecule has 3 aromatic carbocycles. The number of nitrogens with two attached hydrogens (primary N) is 1. The van der Waals surface area contributed by atoms with Crippen LogP contribution in [-0.2, 0) is 27.5 Å². The van der Waals surface area contributed by atoms with Crippen molar-refractivity contribution in [3.05, 3.63) is 88.5 Å². The molecule has 3 N–H and O–H groups in total. The van der Waals surface area contributed by atoms with Gasteiger partial charge in [-0.2, -0.15) is 4.98 Å². The third-order valence-electron chi connectivity index (χ3n) is 6.57. The molecular formula is C30H31N3O7S. The molecule has 10 nitrogen and oxygen atoms in total. The summed E-state index contributed by atoms with van der Waals surface area (Å²) in [6, 6.07) is 18.0. The zero-order valence-electron chi connectivity index (χ0n) is 23.0. The van der Waals surface area contributed by atoms with Gasteiger partial charge in [0.05, 0.1) is 25.5 Å². The van der Waals surface area contributed by atoms with Crippen LogP contribution in [-0.4, -0.2) is 43.2 Å². The van der Waals surface area contributed by atoms with E-state index in [2.05, 4.69) is 4.98 Å². The van der Waals surface area contributed by atoms with E-state index in [9.17, 15) is 23.1 Å². The number of hydrogen-bond donors (Lipinski definition) is 2. The highest BCUT2D eigenvalue weighted by Gasteiger charge is 2.31. The van der Waals surface area contributed by atoms with Gasteiger partial charge >= 0.3 is 0 Å². The van der Waals surface area contributed by atoms with Gasteiger partial charge in [0.25, 0.3) is 5.56 Å². The minimum Gasteiger partial charge on any atom is -0.494 e. The number of rotatable bonds is 11. The van der Waals surface area contributed by atoms with Gasteiger partial charge in [0.1, 0.15) is 23.0 Å². The van der Waals surface area contributed by atoms with Crippen molar-refractivity contribution in [1.82, 2.24) is 9.55 Å². The molecule has 0 bridgehead atoms. The van der Waals surface area contributed by atoms with Crippen LogP contribution in [0.1, 0.15) is 31.2 Å². The summed E-state index contributed by atoms with van der Waals surface area (Å²) in [5.41, 5.74) is 6.72. The van der Waals surface area contributed by atoms with Gasteiger partial charge in [0, 0.05) is 6.42 Å². The molecule has 4 aromatic rings. The summed E-state index contributed by atoms with van der Waals surface area (Å²) < 4.78 is 39.6. The van der Waals surface area contributed by atoms with E-state index in [0.29, 0.717) is 18.4 Å². The molecule has 11 heteroatoms. The zero-order valence-corrected chi connectivity index (χ0v) is 23.8. The van der Waals surface area contributed by atoms with Crippen LogP contribution in [0, 0.1) is 0 Å². The number of primary amides is 1. The summed E-state index contributed by atoms with van der Waals surface area (Å²) in [6.07, 6.45) is 1.83. The molecule has 0 spiro atoms. The normalized spacial score (nSPS) is 11.3. The number of aromatic nitrogens is 2. The number of aryl methyl sites for hydroxylation is 1. The predicted molar refractivity (Wildman–Crippen MR) is 153 cm³/mol. The second-order valence-electron chi connectivity index (χ2n) is 9.30. The van der Waals surface area contributed by atoms with E-state index in [0.717, 1.165) is 22.1 Å². The van der Waals surface area contributed by atoms with Crippen molar-refractivity contribution in [1.29, 1.82) is 0 Å². The molecule has 41 heavy (non-hydrogen) atoms. The van der Waals surface area contributed by atoms with E-state index in [1.54, 1.807) is 54.6 Å². The summed E-state index contributed by atoms with van der Waals surface area (Å²) in [6.45, 7) is 1.96. The molecule has 1 amide bonds. The van der Waals surface area contributed by atoms with E-state index >= 15 is 0 Å². The molecule has 0 unspecified atom stereocenters. The number of para-hydroxylation sites is 1. The summed E-state index contributed by atoms with van der Waals surface area (Å²) in [5, 5.41) is 10.8. The fourth-order valence-corrected chi connectivity index (χ4v) is 5.86. The molecule has 0 saturated heterocycles. The number of amides is 1. The molecule has 0 aliphatic carbocycles. The van der Waals surface area contributed by atoms with E-state index in [1.165, 1.54) is 26.4 Å². The second-order valence-corrected chi connectivity index (χ2v) is 11.2. The molecule has 0 aliphatic rings. The van der Waals surface area contributed by atoms with Crippen LogP contribution in [0.3, 0.4) is 0 Å². The highest BCUT2D eigenvalue weighted by molar-refractivity contribution is 7.91. The van der Waals surface area contributed by atoms with Crippen LogP contribution >= 0.6 is 0 Å². The third-order valence-corrected chi connectivity index (χ3v) is 8.36. The van der Waals surface area contributed by atoms with Crippen LogP contribution in [0.25, 0.3) is 16.8 Å². The summed E-state index contributed by atoms with van der Waals surface area (Å²) in [5.74, 6) is -0.601. The lowest BCUT2D eigenvalue weighted by molar-refractivity contribution is -0.117. The molecule has 0 atom stereocenters. The Labute approximate surface area is 237 Å². The Morgan fingerprint density at radius 2 is 1.51 bits per heavy atom. The number of sulfone groups is 1. The van der Waals surface area contributed by atoms with Crippen LogP contribution < -0.4 is 20.8 Å². The van der Waals surface area contributed by atoms with Gasteiger partial charge in [-0.3, -0.25) is 14.2 Å². The van der Waals surface area contributed by atoms with Gasteiger partial charge in [-0.1, -0.05) is 55.8 Å². The van der Waals surface area contributed by atoms with E-state index in [1.807, 2.05) is 6.92 Å². The van der Waals surface area contributed by atoms with Gasteiger partial charge in [-0.25, -0.2) is 8.42 Å². The monoisotopic (exact) mass is 577 g/mol. The fourth-order valence-electron chi connectivity index (χ4n) is 4.52. The number of unbranched alkanes of at least 4 members (excludes halogenated alkanes) is 1. The molecule has 0 fully saturated rings. The van der Waals surface area contributed by atoms with Gasteiger partial charge in [0.2, 0.25) is 21.6 Å². The molecule has 0 radical (unpaired) electrons. The first-order valence-corrected chi connectivity index (χ1v) is 14.4. The number of carbonyl (C=O) groups is 1. The first-order valence-electron chi connectivity index (χ1n) is 12.9. The van der Waals surface area contributed by atoms with Gasteiger partial charge < -0.3 is 20.3 Å². The SMILES string of the molecule is CCCCc1nc(O)c(S(=O)(=O)c2ccc(-c3ccc(CC(N)=O)cc3)cc2)c(=O)n1-c1c(OC)cccc1OC. The molecule has 1 heterocycles. The number of benzene rings is 3. The summed E-state index contributed by atoms with van der Waals surface area (Å²) >= 11 is 0. The maximum absolute atomic E-state index is 14.0. The second kappa shape index (κ2) is 12.3. The maximum atomic E-state index is 14.0. The number of nitrogens with zero attached hydrogens (tertiary/aromatic N) is 2. The van der Waals surface area contributed by atoms with Crippen molar-refractivity contribution < 1.29 is 27.8 Å². The standard InChI is InChI=1S/C30H31N3O7S/c1-4-5-9-26-32-29(35)28(30(36)33(26)27-23(39-2)7-6-8-24(27)40-3)41(37,38)22-16-14-21(15-17-22)20-12-10-19(11-13-20)18-25(31)34/h6-8,10-17,35H,4-5,9,18H2,1-3H3,(H2,31,34). The summed E-state index contributed by atoms with van der Waals surface area (Å²) in [4.78, 5) is 28.3. The molecule has 0 aliphatic heterocycles. The minimum atomic E-state index is -4.51. The van der Waals surface area contributed by atoms with Crippen LogP contribution in [0.4, 0.5) is 0 Å². The predicted octanol–water partition coefficient (Wildman–Crippen LogP) is 3.83. The van der Waals surface area contributed by atoms with Crippen molar-refractivity contribution >= 4 is 15.7 Å². The number of aromatic hydroxyl groups is 1. The Morgan fingerprint density at radius 3 is 2.02 bits per heavy atom. The average molecular weight is 578 g/mol. The Balaban J connectivity index is 1.84. The zero-order chi connectivity index (χ0) is 29.7. The molecule has 4 rings (SSSR count). The summed E-state index contributed by atoms with van der Waals surface area (Å²) in [7, 11) is -1.66. The average Bonchev–Trinajstić information content (AvgIpc) is 2.95. The molecule has 1 aromatic heterocycles. The number of ether oxygens (including phenoxy) is 2. The fraction of sp³-hybridized carbons (Fsp3) is 0.233. The number of hydrogen-bond acceptors (Lipinski definition) is 8. The Bertz CT molecular complexity index is 1710. The largest absolute Gasteiger partial charge is 0.494 e. The van der Waals surface area contributed by atoms with Gasteiger partial charge in [0.15, 0.2) is 4.90 Å². The van der Waals surface area contributed by atoms with E-state index < -0.39 is 32.1 Å². The topological polar surface area (TPSA) is 151 Å². The Kier molecular flexibility index (Phi) is 8.77. The van der Waals surface area contributed by atoms with Crippen LogP contribution in [0.2, 0.25) is 0 Å². The lowest BCUT2D eigenvalue weighted by Gasteiger charge is -2.19. The maximum Gasteiger partial charge on any atom is 0.281 e. The van der Waals surface area contributed by atoms with Crippen LogP contribution in [0.5, 0.6) is 17.4 Å². The van der Waals surface area contributed by atoms with Crippen molar-refractivity contribution in [3.8, 4) is 34.2 Å².